The van der Waals surface area contributed by atoms with Gasteiger partial charge in [0.25, 0.3) is 0 Å². The van der Waals surface area contributed by atoms with Crippen LogP contribution in [0.3, 0.4) is 0 Å². The van der Waals surface area contributed by atoms with Gasteiger partial charge in [-0.2, -0.15) is 0 Å². The van der Waals surface area contributed by atoms with Crippen LogP contribution >= 0.6 is 0 Å². The zero-order valence-electron chi connectivity index (χ0n) is 9.43. The number of carbonyl (C=O) groups is 1. The molecule has 1 aromatic rings. The van der Waals surface area contributed by atoms with E-state index >= 15 is 0 Å². The maximum absolute atomic E-state index is 10.7. The highest BCUT2D eigenvalue weighted by Gasteiger charge is 2.15. The lowest BCUT2D eigenvalue weighted by Gasteiger charge is -2.20. The number of benzene rings is 1. The maximum Gasteiger partial charge on any atom is 0.0592 e. The molecule has 1 N–H and O–H groups in total. The molecular formula is C13H17O3-. The van der Waals surface area contributed by atoms with E-state index in [4.69, 9.17) is 0 Å². The van der Waals surface area contributed by atoms with Gasteiger partial charge in [0.15, 0.2) is 0 Å². The minimum atomic E-state index is -1.16. The monoisotopic (exact) mass is 221 g/mol. The number of aliphatic carboxylic acids is 1. The fourth-order valence-corrected chi connectivity index (χ4v) is 1.73. The first-order valence-electron chi connectivity index (χ1n) is 5.54. The van der Waals surface area contributed by atoms with Crippen LogP contribution in [0.1, 0.15) is 25.3 Å². The van der Waals surface area contributed by atoms with Gasteiger partial charge < -0.3 is 15.0 Å². The lowest BCUT2D eigenvalue weighted by Crippen LogP contribution is -2.37. The lowest BCUT2D eigenvalue weighted by molar-refractivity contribution is -0.314. The summed E-state index contributed by atoms with van der Waals surface area (Å²) >= 11 is 0. The summed E-state index contributed by atoms with van der Waals surface area (Å²) in [6, 6.07) is 9.89. The molecule has 0 amide bonds. The van der Waals surface area contributed by atoms with E-state index in [1.54, 1.807) is 0 Å². The van der Waals surface area contributed by atoms with E-state index in [0.29, 0.717) is 6.42 Å². The quantitative estimate of drug-likeness (QED) is 0.771. The highest BCUT2D eigenvalue weighted by Crippen LogP contribution is 2.13. The van der Waals surface area contributed by atoms with Crippen LogP contribution in [0, 0.1) is 5.92 Å². The van der Waals surface area contributed by atoms with E-state index in [1.165, 1.54) is 12.5 Å². The number of hydrogen-bond acceptors (Lipinski definition) is 3. The predicted molar refractivity (Wildman–Crippen MR) is 59.6 cm³/mol. The second-order valence-corrected chi connectivity index (χ2v) is 4.04. The van der Waals surface area contributed by atoms with Gasteiger partial charge in [-0.3, -0.25) is 0 Å². The third-order valence-electron chi connectivity index (χ3n) is 2.71. The average Bonchev–Trinajstić information content (AvgIpc) is 2.24. The Bertz CT molecular complexity index is 319. The minimum Gasteiger partial charge on any atom is -0.550 e. The molecule has 0 bridgehead atoms. The molecule has 0 fully saturated rings. The van der Waals surface area contributed by atoms with E-state index < -0.39 is 18.0 Å². The Morgan fingerprint density at radius 2 is 2.00 bits per heavy atom. The molecule has 0 aliphatic carbocycles. The first-order chi connectivity index (χ1) is 7.61. The number of carbonyl (C=O) groups excluding carboxylic acids is 1. The molecular weight excluding hydrogens is 204 g/mol. The van der Waals surface area contributed by atoms with Gasteiger partial charge in [-0.25, -0.2) is 0 Å². The zero-order chi connectivity index (χ0) is 12.0. The van der Waals surface area contributed by atoms with Gasteiger partial charge >= 0.3 is 0 Å². The Kier molecular flexibility index (Phi) is 4.99. The first kappa shape index (κ1) is 12.7. The van der Waals surface area contributed by atoms with Gasteiger partial charge in [0, 0.05) is 11.9 Å². The van der Waals surface area contributed by atoms with Crippen LogP contribution in [0.5, 0.6) is 0 Å². The number of aliphatic hydroxyl groups is 1. The Labute approximate surface area is 95.7 Å². The number of aryl methyl sites for hydroxylation is 1. The van der Waals surface area contributed by atoms with Crippen LogP contribution in [-0.2, 0) is 11.2 Å². The first-order valence-corrected chi connectivity index (χ1v) is 5.54. The summed E-state index contributed by atoms with van der Waals surface area (Å²) in [6.07, 6.45) is 1.18. The molecule has 0 saturated heterocycles. The molecule has 0 saturated carbocycles. The topological polar surface area (TPSA) is 60.4 Å². The van der Waals surface area contributed by atoms with Crippen molar-refractivity contribution in [3.8, 4) is 0 Å². The summed E-state index contributed by atoms with van der Waals surface area (Å²) in [5, 5.41) is 20.0. The van der Waals surface area contributed by atoms with Crippen LogP contribution in [0.15, 0.2) is 30.3 Å². The van der Waals surface area contributed by atoms with Crippen LogP contribution in [-0.4, -0.2) is 17.2 Å². The Hall–Kier alpha value is -1.35. The van der Waals surface area contributed by atoms with E-state index in [0.717, 1.165) is 12.8 Å². The maximum atomic E-state index is 10.7. The second kappa shape index (κ2) is 6.28. The van der Waals surface area contributed by atoms with Crippen molar-refractivity contribution in [1.82, 2.24) is 0 Å². The molecule has 2 unspecified atom stereocenters. The highest BCUT2D eigenvalue weighted by molar-refractivity contribution is 5.68. The lowest BCUT2D eigenvalue weighted by atomic mass is 9.95. The molecule has 0 spiro atoms. The van der Waals surface area contributed by atoms with Crippen molar-refractivity contribution >= 4 is 5.97 Å². The summed E-state index contributed by atoms with van der Waals surface area (Å²) in [6.45, 7) is 1.49. The second-order valence-electron chi connectivity index (χ2n) is 4.04. The van der Waals surface area contributed by atoms with Crippen molar-refractivity contribution < 1.29 is 15.0 Å². The van der Waals surface area contributed by atoms with Gasteiger partial charge in [-0.1, -0.05) is 30.3 Å². The van der Waals surface area contributed by atoms with E-state index in [2.05, 4.69) is 0 Å². The van der Waals surface area contributed by atoms with Gasteiger partial charge in [0.2, 0.25) is 0 Å². The number of carboxylic acids is 1. The number of hydrogen-bond donors (Lipinski definition) is 1. The van der Waals surface area contributed by atoms with Crippen molar-refractivity contribution in [1.29, 1.82) is 0 Å². The van der Waals surface area contributed by atoms with Gasteiger partial charge in [0.1, 0.15) is 0 Å². The van der Waals surface area contributed by atoms with Crippen molar-refractivity contribution in [2.75, 3.05) is 0 Å². The van der Waals surface area contributed by atoms with Crippen LogP contribution in [0.4, 0.5) is 0 Å². The molecule has 2 atom stereocenters. The fraction of sp³-hybridized carbons (Fsp3) is 0.462. The van der Waals surface area contributed by atoms with Crippen molar-refractivity contribution in [2.24, 2.45) is 5.92 Å². The molecule has 16 heavy (non-hydrogen) atoms. The third-order valence-corrected chi connectivity index (χ3v) is 2.71. The smallest absolute Gasteiger partial charge is 0.0592 e. The van der Waals surface area contributed by atoms with Gasteiger partial charge in [0.05, 0.1) is 6.10 Å². The predicted octanol–water partition coefficient (Wildman–Crippen LogP) is 0.756. The summed E-state index contributed by atoms with van der Waals surface area (Å²) in [4.78, 5) is 10.7. The molecule has 0 aliphatic heterocycles. The van der Waals surface area contributed by atoms with E-state index in [1.807, 2.05) is 30.3 Å². The molecule has 88 valence electrons. The molecule has 3 heteroatoms. The fourth-order valence-electron chi connectivity index (χ4n) is 1.73. The Morgan fingerprint density at radius 3 is 2.50 bits per heavy atom. The molecule has 0 heterocycles. The SMILES string of the molecule is CC(O)C(CCCc1ccccc1)C(=O)[O-]. The van der Waals surface area contributed by atoms with Gasteiger partial charge in [-0.15, -0.1) is 0 Å². The summed E-state index contributed by atoms with van der Waals surface area (Å²) in [5.41, 5.74) is 1.19. The Morgan fingerprint density at radius 1 is 1.38 bits per heavy atom. The summed E-state index contributed by atoms with van der Waals surface area (Å²) in [5.74, 6) is -1.92. The zero-order valence-corrected chi connectivity index (χ0v) is 9.43. The van der Waals surface area contributed by atoms with Crippen LogP contribution in [0.2, 0.25) is 0 Å². The standard InChI is InChI=1S/C13H18O3/c1-10(14)12(13(15)16)9-5-8-11-6-3-2-4-7-11/h2-4,6-7,10,12,14H,5,8-9H2,1H3,(H,15,16)/p-1. The molecule has 1 aromatic carbocycles. The number of aliphatic hydroxyl groups excluding tert-OH is 1. The summed E-state index contributed by atoms with van der Waals surface area (Å²) < 4.78 is 0. The van der Waals surface area contributed by atoms with E-state index in [9.17, 15) is 15.0 Å². The van der Waals surface area contributed by atoms with Crippen LogP contribution < -0.4 is 5.11 Å². The summed E-state index contributed by atoms with van der Waals surface area (Å²) in [7, 11) is 0. The minimum absolute atomic E-state index is 0.453. The van der Waals surface area contributed by atoms with Crippen molar-refractivity contribution in [2.45, 2.75) is 32.3 Å². The largest absolute Gasteiger partial charge is 0.550 e. The molecule has 0 aromatic heterocycles. The normalized spacial score (nSPS) is 14.4. The molecule has 0 radical (unpaired) electrons. The molecule has 3 nitrogen and oxygen atoms in total. The molecule has 1 rings (SSSR count). The van der Waals surface area contributed by atoms with Crippen LogP contribution in [0.25, 0.3) is 0 Å². The average molecular weight is 221 g/mol. The van der Waals surface area contributed by atoms with Crippen molar-refractivity contribution in [3.63, 3.8) is 0 Å². The number of carboxylic acid groups (broad SMARTS) is 1. The third kappa shape index (κ3) is 4.03. The van der Waals surface area contributed by atoms with Gasteiger partial charge in [-0.05, 0) is 31.7 Å². The van der Waals surface area contributed by atoms with E-state index in [-0.39, 0.29) is 0 Å². The number of rotatable bonds is 6. The highest BCUT2D eigenvalue weighted by atomic mass is 16.4. The van der Waals surface area contributed by atoms with Crippen molar-refractivity contribution in [3.05, 3.63) is 35.9 Å². The molecule has 0 aliphatic rings. The Balaban J connectivity index is 2.37.